The molecule has 144 valence electrons. The summed E-state index contributed by atoms with van der Waals surface area (Å²) in [5.41, 5.74) is 4.74. The Kier molecular flexibility index (Phi) is 5.27. The van der Waals surface area contributed by atoms with Crippen molar-refractivity contribution in [2.45, 2.75) is 13.8 Å². The number of nitrogens with zero attached hydrogens (tertiary/aromatic N) is 2. The molecule has 3 aromatic rings. The van der Waals surface area contributed by atoms with E-state index in [4.69, 9.17) is 23.2 Å². The molecule has 0 saturated heterocycles. The van der Waals surface area contributed by atoms with Gasteiger partial charge in [-0.2, -0.15) is 0 Å². The van der Waals surface area contributed by atoms with Gasteiger partial charge >= 0.3 is 0 Å². The van der Waals surface area contributed by atoms with Gasteiger partial charge < -0.3 is 0 Å². The van der Waals surface area contributed by atoms with E-state index < -0.39 is 0 Å². The average Bonchev–Trinajstić information content (AvgIpc) is 3.00. The van der Waals surface area contributed by atoms with E-state index in [0.29, 0.717) is 27.1 Å². The molecular formula is C24H18Cl2N2O. The first kappa shape index (κ1) is 19.4. The normalized spacial score (nSPS) is 15.2. The van der Waals surface area contributed by atoms with E-state index in [0.717, 1.165) is 22.4 Å². The number of amides is 1. The molecule has 0 fully saturated rings. The first-order valence-electron chi connectivity index (χ1n) is 9.16. The number of rotatable bonds is 3. The number of carbonyl (C=O) groups is 1. The first-order chi connectivity index (χ1) is 13.9. The molecule has 1 aliphatic heterocycles. The Morgan fingerprint density at radius 1 is 0.931 bits per heavy atom. The Bertz CT molecular complexity index is 1170. The number of halogens is 2. The van der Waals surface area contributed by atoms with Crippen LogP contribution in [-0.2, 0) is 4.79 Å². The summed E-state index contributed by atoms with van der Waals surface area (Å²) in [6, 6.07) is 20.9. The third kappa shape index (κ3) is 3.84. The number of benzene rings is 3. The van der Waals surface area contributed by atoms with Gasteiger partial charge in [-0.3, -0.25) is 9.69 Å². The van der Waals surface area contributed by atoms with Crippen LogP contribution in [0.1, 0.15) is 22.3 Å². The second-order valence-electron chi connectivity index (χ2n) is 6.93. The van der Waals surface area contributed by atoms with Crippen LogP contribution in [-0.4, -0.2) is 11.7 Å². The van der Waals surface area contributed by atoms with Crippen LogP contribution in [0.4, 0.5) is 5.69 Å². The van der Waals surface area contributed by atoms with E-state index in [1.165, 1.54) is 0 Å². The quantitative estimate of drug-likeness (QED) is 0.448. The van der Waals surface area contributed by atoms with Crippen molar-refractivity contribution in [3.63, 3.8) is 0 Å². The molecule has 1 amide bonds. The van der Waals surface area contributed by atoms with Crippen molar-refractivity contribution >= 4 is 46.7 Å². The van der Waals surface area contributed by atoms with Gasteiger partial charge in [-0.25, -0.2) is 4.99 Å². The molecule has 4 rings (SSSR count). The number of aliphatic imine (C=N–C) groups is 1. The van der Waals surface area contributed by atoms with Crippen molar-refractivity contribution in [1.29, 1.82) is 0 Å². The summed E-state index contributed by atoms with van der Waals surface area (Å²) >= 11 is 12.5. The van der Waals surface area contributed by atoms with Crippen LogP contribution in [0.15, 0.2) is 77.4 Å². The minimum Gasteiger partial charge on any atom is -0.266 e. The summed E-state index contributed by atoms with van der Waals surface area (Å²) in [6.45, 7) is 3.97. The second-order valence-corrected chi connectivity index (χ2v) is 7.77. The molecule has 0 bridgehead atoms. The van der Waals surface area contributed by atoms with Crippen LogP contribution in [0, 0.1) is 13.8 Å². The van der Waals surface area contributed by atoms with Gasteiger partial charge in [0.25, 0.3) is 5.91 Å². The van der Waals surface area contributed by atoms with Crippen molar-refractivity contribution in [3.8, 4) is 0 Å². The van der Waals surface area contributed by atoms with E-state index in [2.05, 4.69) is 4.99 Å². The number of amidine groups is 1. The third-order valence-electron chi connectivity index (χ3n) is 4.74. The zero-order chi connectivity index (χ0) is 20.5. The molecule has 0 radical (unpaired) electrons. The van der Waals surface area contributed by atoms with Gasteiger partial charge in [-0.15, -0.1) is 0 Å². The number of aryl methyl sites for hydroxylation is 2. The van der Waals surface area contributed by atoms with Gasteiger partial charge in [0.2, 0.25) is 0 Å². The summed E-state index contributed by atoms with van der Waals surface area (Å²) in [4.78, 5) is 19.7. The molecule has 5 heteroatoms. The molecule has 29 heavy (non-hydrogen) atoms. The molecule has 1 heterocycles. The Balaban J connectivity index is 1.90. The molecule has 0 atom stereocenters. The van der Waals surface area contributed by atoms with E-state index in [1.54, 1.807) is 29.2 Å². The molecular weight excluding hydrogens is 403 g/mol. The van der Waals surface area contributed by atoms with Crippen LogP contribution in [0.25, 0.3) is 6.08 Å². The van der Waals surface area contributed by atoms with Crippen LogP contribution < -0.4 is 4.90 Å². The van der Waals surface area contributed by atoms with E-state index in [-0.39, 0.29) is 5.91 Å². The third-order valence-corrected chi connectivity index (χ3v) is 5.29. The van der Waals surface area contributed by atoms with Crippen molar-refractivity contribution < 1.29 is 4.79 Å². The summed E-state index contributed by atoms with van der Waals surface area (Å²) in [5, 5.41) is 0.974. The van der Waals surface area contributed by atoms with E-state index in [1.807, 2.05) is 62.4 Å². The molecule has 0 aromatic heterocycles. The van der Waals surface area contributed by atoms with Crippen molar-refractivity contribution in [2.75, 3.05) is 4.90 Å². The monoisotopic (exact) mass is 420 g/mol. The molecule has 0 N–H and O–H groups in total. The summed E-state index contributed by atoms with van der Waals surface area (Å²) in [6.07, 6.45) is 1.79. The molecule has 3 nitrogen and oxygen atoms in total. The average molecular weight is 421 g/mol. The predicted molar refractivity (Wildman–Crippen MR) is 121 cm³/mol. The topological polar surface area (TPSA) is 32.7 Å². The Labute approximate surface area is 179 Å². The Hall–Kier alpha value is -2.88. The second kappa shape index (κ2) is 7.86. The van der Waals surface area contributed by atoms with Crippen LogP contribution in [0.5, 0.6) is 0 Å². The maximum Gasteiger partial charge on any atom is 0.282 e. The fourth-order valence-electron chi connectivity index (χ4n) is 3.26. The minimum atomic E-state index is -0.191. The first-order valence-corrected chi connectivity index (χ1v) is 9.92. The van der Waals surface area contributed by atoms with E-state index in [9.17, 15) is 4.79 Å². The lowest BCUT2D eigenvalue weighted by Crippen LogP contribution is -2.33. The predicted octanol–water partition coefficient (Wildman–Crippen LogP) is 6.44. The van der Waals surface area contributed by atoms with Crippen LogP contribution >= 0.6 is 23.2 Å². The fourth-order valence-corrected chi connectivity index (χ4v) is 3.75. The smallest absolute Gasteiger partial charge is 0.266 e. The van der Waals surface area contributed by atoms with Gasteiger partial charge in [-0.05, 0) is 60.9 Å². The summed E-state index contributed by atoms with van der Waals surface area (Å²) < 4.78 is 0. The summed E-state index contributed by atoms with van der Waals surface area (Å²) in [7, 11) is 0. The lowest BCUT2D eigenvalue weighted by molar-refractivity contribution is -0.113. The highest BCUT2D eigenvalue weighted by Crippen LogP contribution is 2.33. The highest BCUT2D eigenvalue weighted by Gasteiger charge is 2.34. The lowest BCUT2D eigenvalue weighted by atomic mass is 10.1. The van der Waals surface area contributed by atoms with Crippen LogP contribution in [0.2, 0.25) is 10.0 Å². The molecule has 0 saturated carbocycles. The lowest BCUT2D eigenvalue weighted by Gasteiger charge is -2.21. The largest absolute Gasteiger partial charge is 0.282 e. The molecule has 0 aliphatic carbocycles. The zero-order valence-corrected chi connectivity index (χ0v) is 17.5. The summed E-state index contributed by atoms with van der Waals surface area (Å²) in [5.74, 6) is 0.302. The van der Waals surface area contributed by atoms with Crippen molar-refractivity contribution in [2.24, 2.45) is 4.99 Å². The SMILES string of the molecule is Cc1ccc(C)c(N2C(=O)C(=Cc3ccccc3)N=C2c2ccc(Cl)cc2Cl)c1. The number of carbonyl (C=O) groups excluding carboxylic acids is 1. The Morgan fingerprint density at radius 3 is 2.41 bits per heavy atom. The molecule has 0 spiro atoms. The van der Waals surface area contributed by atoms with Crippen molar-refractivity contribution in [3.05, 3.63) is 105 Å². The van der Waals surface area contributed by atoms with Gasteiger partial charge in [0.1, 0.15) is 11.5 Å². The number of hydrogen-bond donors (Lipinski definition) is 0. The molecule has 3 aromatic carbocycles. The number of anilines is 1. The van der Waals surface area contributed by atoms with Gasteiger partial charge in [0, 0.05) is 10.6 Å². The van der Waals surface area contributed by atoms with E-state index >= 15 is 0 Å². The van der Waals surface area contributed by atoms with Crippen molar-refractivity contribution in [1.82, 2.24) is 0 Å². The maximum absolute atomic E-state index is 13.4. The Morgan fingerprint density at radius 2 is 1.69 bits per heavy atom. The standard InChI is InChI=1S/C24H18Cl2N2O/c1-15-8-9-16(2)22(12-15)28-23(19-11-10-18(25)14-20(19)26)27-21(24(28)29)13-17-6-4-3-5-7-17/h3-14H,1-2H3. The number of hydrogen-bond acceptors (Lipinski definition) is 2. The molecule has 0 unspecified atom stereocenters. The highest BCUT2D eigenvalue weighted by atomic mass is 35.5. The molecule has 1 aliphatic rings. The van der Waals surface area contributed by atoms with Gasteiger partial charge in [-0.1, -0.05) is 65.7 Å². The van der Waals surface area contributed by atoms with Gasteiger partial charge in [0.15, 0.2) is 0 Å². The van der Waals surface area contributed by atoms with Gasteiger partial charge in [0.05, 0.1) is 10.7 Å². The highest BCUT2D eigenvalue weighted by molar-refractivity contribution is 6.41. The van der Waals surface area contributed by atoms with Crippen LogP contribution in [0.3, 0.4) is 0 Å². The zero-order valence-electron chi connectivity index (χ0n) is 16.0. The minimum absolute atomic E-state index is 0.191. The maximum atomic E-state index is 13.4. The fraction of sp³-hybridized carbons (Fsp3) is 0.0833.